The van der Waals surface area contributed by atoms with Crippen LogP contribution in [0.4, 0.5) is 5.82 Å². The molecule has 2 aromatic heterocycles. The second-order valence-electron chi connectivity index (χ2n) is 9.41. The van der Waals surface area contributed by atoms with Crippen LogP contribution in [0.15, 0.2) is 79.1 Å². The first-order valence-corrected chi connectivity index (χ1v) is 13.1. The van der Waals surface area contributed by atoms with Crippen molar-refractivity contribution in [2.24, 2.45) is 0 Å². The van der Waals surface area contributed by atoms with Gasteiger partial charge in [0.15, 0.2) is 5.78 Å². The molecule has 0 unspecified atom stereocenters. The zero-order chi connectivity index (χ0) is 27.5. The number of hydrogen-bond acceptors (Lipinski definition) is 5. The number of nitrogens with one attached hydrogen (secondary N) is 1. The van der Waals surface area contributed by atoms with Crippen LogP contribution >= 0.6 is 23.2 Å². The second-order valence-corrected chi connectivity index (χ2v) is 10.3. The van der Waals surface area contributed by atoms with Crippen molar-refractivity contribution >= 4 is 46.6 Å². The number of carbonyl (C=O) groups excluding carboxylic acids is 3. The van der Waals surface area contributed by atoms with Gasteiger partial charge in [-0.15, -0.1) is 0 Å². The van der Waals surface area contributed by atoms with Crippen molar-refractivity contribution in [2.75, 3.05) is 5.32 Å². The van der Waals surface area contributed by atoms with E-state index in [-0.39, 0.29) is 41.7 Å². The molecule has 1 atom stereocenters. The minimum Gasteiger partial charge on any atom is -0.324 e. The maximum Gasteiger partial charge on any atom is 0.258 e. The molecule has 0 bridgehead atoms. The summed E-state index contributed by atoms with van der Waals surface area (Å²) in [6.07, 6.45) is 3.67. The maximum absolute atomic E-state index is 13.8. The standard InChI is InChI=1S/C30H24Cl2N4O3/c1-18-5-10-28(34-16-18)35-29(38)24-8-6-19(12-25(24)32)17-36-26(15-22-4-2-3-11-33-22)27(37)14-20-13-21(31)7-9-23(20)30(36)39/h2-13,16,26H,14-15,17H2,1H3,(H,34,35,38)/t26-/m1/s1. The Balaban J connectivity index is 1.44. The summed E-state index contributed by atoms with van der Waals surface area (Å²) in [4.78, 5) is 50.2. The first-order valence-electron chi connectivity index (χ1n) is 12.3. The molecule has 0 aliphatic carbocycles. The number of aromatic nitrogens is 2. The van der Waals surface area contributed by atoms with Crippen LogP contribution in [0.25, 0.3) is 0 Å². The van der Waals surface area contributed by atoms with Crippen LogP contribution in [0, 0.1) is 6.92 Å². The van der Waals surface area contributed by atoms with E-state index in [1.165, 1.54) is 0 Å². The normalized spacial score (nSPS) is 15.1. The van der Waals surface area contributed by atoms with Crippen LogP contribution in [0.5, 0.6) is 0 Å². The molecule has 3 heterocycles. The van der Waals surface area contributed by atoms with Gasteiger partial charge < -0.3 is 10.2 Å². The van der Waals surface area contributed by atoms with Gasteiger partial charge in [0.25, 0.3) is 11.8 Å². The zero-order valence-electron chi connectivity index (χ0n) is 21.0. The van der Waals surface area contributed by atoms with Crippen molar-refractivity contribution < 1.29 is 14.4 Å². The number of anilines is 1. The lowest BCUT2D eigenvalue weighted by molar-refractivity contribution is -0.122. The first kappa shape index (κ1) is 26.5. The van der Waals surface area contributed by atoms with Crippen molar-refractivity contribution in [1.29, 1.82) is 0 Å². The lowest BCUT2D eigenvalue weighted by Crippen LogP contribution is -2.45. The Bertz CT molecular complexity index is 1560. The number of ketones is 1. The molecule has 196 valence electrons. The molecule has 0 fully saturated rings. The van der Waals surface area contributed by atoms with Crippen molar-refractivity contribution in [3.05, 3.63) is 123 Å². The van der Waals surface area contributed by atoms with Crippen LogP contribution < -0.4 is 5.32 Å². The molecule has 7 nitrogen and oxygen atoms in total. The Morgan fingerprint density at radius 2 is 1.87 bits per heavy atom. The van der Waals surface area contributed by atoms with Gasteiger partial charge in [-0.25, -0.2) is 4.98 Å². The molecule has 0 saturated carbocycles. The number of nitrogens with zero attached hydrogens (tertiary/aromatic N) is 3. The number of aryl methyl sites for hydroxylation is 1. The molecule has 5 rings (SSSR count). The van der Waals surface area contributed by atoms with Crippen LogP contribution in [0.3, 0.4) is 0 Å². The summed E-state index contributed by atoms with van der Waals surface area (Å²) in [6.45, 7) is 2.02. The summed E-state index contributed by atoms with van der Waals surface area (Å²) in [7, 11) is 0. The van der Waals surface area contributed by atoms with E-state index in [0.29, 0.717) is 33.2 Å². The number of amides is 2. The third kappa shape index (κ3) is 6.00. The number of pyridine rings is 2. The Morgan fingerprint density at radius 1 is 1.03 bits per heavy atom. The highest BCUT2D eigenvalue weighted by Gasteiger charge is 2.35. The Hall–Kier alpha value is -4.07. The third-order valence-corrected chi connectivity index (χ3v) is 7.13. The van der Waals surface area contributed by atoms with E-state index in [0.717, 1.165) is 5.56 Å². The number of fused-ring (bicyclic) bond motifs is 1. The summed E-state index contributed by atoms with van der Waals surface area (Å²) in [5.41, 5.74) is 3.65. The van der Waals surface area contributed by atoms with E-state index < -0.39 is 11.9 Å². The minimum atomic E-state index is -0.743. The largest absolute Gasteiger partial charge is 0.324 e. The van der Waals surface area contributed by atoms with Gasteiger partial charge in [-0.2, -0.15) is 0 Å². The third-order valence-electron chi connectivity index (χ3n) is 6.58. The quantitative estimate of drug-likeness (QED) is 0.326. The molecule has 2 amide bonds. The molecule has 9 heteroatoms. The van der Waals surface area contributed by atoms with E-state index in [2.05, 4.69) is 15.3 Å². The van der Waals surface area contributed by atoms with Crippen molar-refractivity contribution in [1.82, 2.24) is 14.9 Å². The average molecular weight is 559 g/mol. The molecule has 0 spiro atoms. The van der Waals surface area contributed by atoms with Gasteiger partial charge in [0, 0.05) is 48.1 Å². The van der Waals surface area contributed by atoms with Gasteiger partial charge in [0.2, 0.25) is 0 Å². The van der Waals surface area contributed by atoms with E-state index in [1.54, 1.807) is 65.8 Å². The second kappa shape index (κ2) is 11.4. The molecular weight excluding hydrogens is 535 g/mol. The van der Waals surface area contributed by atoms with Crippen LogP contribution in [-0.4, -0.2) is 38.5 Å². The van der Waals surface area contributed by atoms with Crippen LogP contribution in [0.2, 0.25) is 10.0 Å². The van der Waals surface area contributed by atoms with Gasteiger partial charge in [-0.05, 0) is 72.1 Å². The Labute approximate surface area is 235 Å². The maximum atomic E-state index is 13.8. The molecule has 1 aliphatic rings. The highest BCUT2D eigenvalue weighted by atomic mass is 35.5. The number of carbonyl (C=O) groups is 3. The van der Waals surface area contributed by atoms with Gasteiger partial charge in [0.05, 0.1) is 16.6 Å². The molecule has 1 N–H and O–H groups in total. The number of halogens is 2. The van der Waals surface area contributed by atoms with E-state index in [1.807, 2.05) is 25.1 Å². The Morgan fingerprint density at radius 3 is 2.59 bits per heavy atom. The lowest BCUT2D eigenvalue weighted by Gasteiger charge is -2.29. The summed E-state index contributed by atoms with van der Waals surface area (Å²) in [5.74, 6) is -0.377. The molecule has 0 radical (unpaired) electrons. The van der Waals surface area contributed by atoms with Crippen LogP contribution in [-0.2, 0) is 24.2 Å². The van der Waals surface area contributed by atoms with E-state index >= 15 is 0 Å². The predicted molar refractivity (Wildman–Crippen MR) is 150 cm³/mol. The number of rotatable bonds is 6. The van der Waals surface area contributed by atoms with Crippen molar-refractivity contribution in [3.63, 3.8) is 0 Å². The molecule has 0 saturated heterocycles. The lowest BCUT2D eigenvalue weighted by atomic mass is 9.99. The summed E-state index contributed by atoms with van der Waals surface area (Å²) in [5, 5.41) is 3.42. The van der Waals surface area contributed by atoms with E-state index in [4.69, 9.17) is 23.2 Å². The fraction of sp³-hybridized carbons (Fsp3) is 0.167. The topological polar surface area (TPSA) is 92.3 Å². The van der Waals surface area contributed by atoms with Crippen molar-refractivity contribution in [3.8, 4) is 0 Å². The monoisotopic (exact) mass is 558 g/mol. The summed E-state index contributed by atoms with van der Waals surface area (Å²) < 4.78 is 0. The summed E-state index contributed by atoms with van der Waals surface area (Å²) in [6, 6.07) is 18.2. The van der Waals surface area contributed by atoms with Gasteiger partial charge >= 0.3 is 0 Å². The number of benzene rings is 2. The smallest absolute Gasteiger partial charge is 0.258 e. The highest BCUT2D eigenvalue weighted by molar-refractivity contribution is 6.34. The van der Waals surface area contributed by atoms with Gasteiger partial charge in [0.1, 0.15) is 5.82 Å². The first-order chi connectivity index (χ1) is 18.8. The predicted octanol–water partition coefficient (Wildman–Crippen LogP) is 5.72. The average Bonchev–Trinajstić information content (AvgIpc) is 3.00. The fourth-order valence-electron chi connectivity index (χ4n) is 4.58. The van der Waals surface area contributed by atoms with Gasteiger partial charge in [-0.3, -0.25) is 19.4 Å². The highest BCUT2D eigenvalue weighted by Crippen LogP contribution is 2.28. The Kier molecular flexibility index (Phi) is 7.72. The van der Waals surface area contributed by atoms with Gasteiger partial charge in [-0.1, -0.05) is 41.4 Å². The molecule has 1 aliphatic heterocycles. The number of hydrogen-bond donors (Lipinski definition) is 1. The molecular formula is C30H24Cl2N4O3. The SMILES string of the molecule is Cc1ccc(NC(=O)c2ccc(CN3C(=O)c4ccc(Cl)cc4CC(=O)[C@H]3Cc3ccccn3)cc2Cl)nc1. The number of Topliss-reactive ketones (excluding diaryl/α,β-unsaturated/α-hetero) is 1. The minimum absolute atomic E-state index is 0.0859. The molecule has 39 heavy (non-hydrogen) atoms. The van der Waals surface area contributed by atoms with Crippen LogP contribution in [0.1, 0.15) is 43.1 Å². The molecule has 4 aromatic rings. The van der Waals surface area contributed by atoms with Crippen molar-refractivity contribution in [2.45, 2.75) is 32.4 Å². The zero-order valence-corrected chi connectivity index (χ0v) is 22.5. The van der Waals surface area contributed by atoms with E-state index in [9.17, 15) is 14.4 Å². The summed E-state index contributed by atoms with van der Waals surface area (Å²) >= 11 is 12.7. The fourth-order valence-corrected chi connectivity index (χ4v) is 5.06. The molecule has 2 aromatic carbocycles.